The SMILES string of the molecule is C[C@H]1NC(=O)CCC[C@H]2[C@@H]3C[C@@H](CN(Cc4cn(-c5ccccc5)nc4-c4ccncc4)C3)CN2C(=O)[C@H](Cc2ccccc2)NC1=O. The largest absolute Gasteiger partial charge is 0.345 e. The molecule has 7 rings (SSSR count). The van der Waals surface area contributed by atoms with Crippen molar-refractivity contribution in [1.29, 1.82) is 0 Å². The highest BCUT2D eigenvalue weighted by Crippen LogP contribution is 2.37. The Morgan fingerprint density at radius 2 is 1.62 bits per heavy atom. The minimum atomic E-state index is -0.712. The van der Waals surface area contributed by atoms with Gasteiger partial charge < -0.3 is 15.5 Å². The van der Waals surface area contributed by atoms with Gasteiger partial charge >= 0.3 is 0 Å². The van der Waals surface area contributed by atoms with E-state index in [1.807, 2.05) is 65.3 Å². The minimum absolute atomic E-state index is 0.0110. The van der Waals surface area contributed by atoms with E-state index in [4.69, 9.17) is 5.10 Å². The maximum Gasteiger partial charge on any atom is 0.245 e. The summed E-state index contributed by atoms with van der Waals surface area (Å²) < 4.78 is 1.95. The van der Waals surface area contributed by atoms with Crippen molar-refractivity contribution in [3.05, 3.63) is 103 Å². The van der Waals surface area contributed by atoms with E-state index >= 15 is 0 Å². The molecule has 0 unspecified atom stereocenters. The fourth-order valence-electron chi connectivity index (χ4n) is 7.83. The van der Waals surface area contributed by atoms with Crippen molar-refractivity contribution in [2.45, 2.75) is 63.7 Å². The molecule has 0 radical (unpaired) electrons. The van der Waals surface area contributed by atoms with E-state index in [0.29, 0.717) is 31.7 Å². The number of benzene rings is 2. The smallest absolute Gasteiger partial charge is 0.245 e. The average molecular weight is 646 g/mol. The number of fused-ring (bicyclic) bond motifs is 4. The lowest BCUT2D eigenvalue weighted by atomic mass is 9.77. The number of nitrogens with one attached hydrogen (secondary N) is 2. The summed E-state index contributed by atoms with van der Waals surface area (Å²) in [6, 6.07) is 22.6. The Morgan fingerprint density at radius 3 is 2.40 bits per heavy atom. The summed E-state index contributed by atoms with van der Waals surface area (Å²) in [7, 11) is 0. The zero-order valence-electron chi connectivity index (χ0n) is 27.4. The van der Waals surface area contributed by atoms with Crippen LogP contribution >= 0.6 is 0 Å². The molecule has 0 aliphatic carbocycles. The van der Waals surface area contributed by atoms with Crippen molar-refractivity contribution in [2.75, 3.05) is 19.6 Å². The lowest BCUT2D eigenvalue weighted by Crippen LogP contribution is -2.63. The Labute approximate surface area is 281 Å². The lowest BCUT2D eigenvalue weighted by molar-refractivity contribution is -0.146. The van der Waals surface area contributed by atoms with Crippen LogP contribution in [0.25, 0.3) is 16.9 Å². The van der Waals surface area contributed by atoms with Crippen LogP contribution in [0.2, 0.25) is 0 Å². The van der Waals surface area contributed by atoms with E-state index in [-0.39, 0.29) is 29.7 Å². The second-order valence-corrected chi connectivity index (χ2v) is 13.6. The van der Waals surface area contributed by atoms with E-state index in [0.717, 1.165) is 60.5 Å². The van der Waals surface area contributed by atoms with Crippen molar-refractivity contribution < 1.29 is 14.4 Å². The molecule has 3 saturated heterocycles. The third kappa shape index (κ3) is 7.04. The van der Waals surface area contributed by atoms with Crippen LogP contribution in [-0.2, 0) is 27.3 Å². The van der Waals surface area contributed by atoms with Crippen LogP contribution in [0.5, 0.6) is 0 Å². The molecule has 10 nitrogen and oxygen atoms in total. The molecule has 4 aromatic rings. The van der Waals surface area contributed by atoms with Crippen molar-refractivity contribution in [1.82, 2.24) is 35.2 Å². The first-order valence-corrected chi connectivity index (χ1v) is 17.1. The normalized spacial score (nSPS) is 25.3. The average Bonchev–Trinajstić information content (AvgIpc) is 3.52. The second-order valence-electron chi connectivity index (χ2n) is 13.6. The molecule has 10 heteroatoms. The molecule has 3 aliphatic rings. The molecule has 3 aliphatic heterocycles. The second kappa shape index (κ2) is 14.1. The van der Waals surface area contributed by atoms with Crippen LogP contribution in [0.4, 0.5) is 0 Å². The number of pyridine rings is 1. The van der Waals surface area contributed by atoms with Crippen LogP contribution in [-0.4, -0.2) is 80.0 Å². The Balaban J connectivity index is 1.15. The van der Waals surface area contributed by atoms with Gasteiger partial charge in [0.15, 0.2) is 0 Å². The van der Waals surface area contributed by atoms with Crippen molar-refractivity contribution in [3.63, 3.8) is 0 Å². The molecule has 5 atom stereocenters. The van der Waals surface area contributed by atoms with Gasteiger partial charge in [-0.25, -0.2) is 4.68 Å². The molecule has 248 valence electrons. The van der Waals surface area contributed by atoms with Gasteiger partial charge in [-0.15, -0.1) is 0 Å². The summed E-state index contributed by atoms with van der Waals surface area (Å²) in [6.07, 6.45) is 8.93. The van der Waals surface area contributed by atoms with Crippen LogP contribution in [0, 0.1) is 11.8 Å². The Hall–Kier alpha value is -4.83. The molecule has 0 spiro atoms. The molecule has 48 heavy (non-hydrogen) atoms. The molecule has 3 amide bonds. The van der Waals surface area contributed by atoms with Gasteiger partial charge in [-0.2, -0.15) is 5.10 Å². The molecule has 3 fully saturated rings. The number of para-hydroxylation sites is 1. The number of likely N-dealkylation sites (tertiary alicyclic amines) is 1. The predicted octanol–water partition coefficient (Wildman–Crippen LogP) is 4.00. The molecule has 2 N–H and O–H groups in total. The highest BCUT2D eigenvalue weighted by atomic mass is 16.2. The zero-order valence-corrected chi connectivity index (χ0v) is 27.4. The summed E-state index contributed by atoms with van der Waals surface area (Å²) in [6.45, 7) is 4.77. The van der Waals surface area contributed by atoms with Gasteiger partial charge in [0.1, 0.15) is 12.1 Å². The maximum absolute atomic E-state index is 14.5. The highest BCUT2D eigenvalue weighted by molar-refractivity contribution is 5.92. The number of hydrogen-bond acceptors (Lipinski definition) is 6. The zero-order chi connectivity index (χ0) is 33.0. The van der Waals surface area contributed by atoms with Crippen LogP contribution in [0.15, 0.2) is 91.4 Å². The first-order chi connectivity index (χ1) is 23.4. The van der Waals surface area contributed by atoms with Gasteiger partial charge in [0.25, 0.3) is 0 Å². The number of piperidine rings is 2. The van der Waals surface area contributed by atoms with E-state index < -0.39 is 12.1 Å². The van der Waals surface area contributed by atoms with Gasteiger partial charge in [-0.1, -0.05) is 48.5 Å². The number of carbonyl (C=O) groups is 3. The van der Waals surface area contributed by atoms with Crippen molar-refractivity contribution in [3.8, 4) is 16.9 Å². The fraction of sp³-hybridized carbons (Fsp3) is 0.395. The quantitative estimate of drug-likeness (QED) is 0.328. The predicted molar refractivity (Wildman–Crippen MR) is 183 cm³/mol. The number of hydrogen-bond donors (Lipinski definition) is 2. The third-order valence-corrected chi connectivity index (χ3v) is 10.1. The molecular weight excluding hydrogens is 602 g/mol. The standard InChI is InChI=1S/C38H43N7O3/c1-26-37(47)41-33(20-27-9-4-2-5-10-27)38(48)44-22-28-19-30(34(44)13-8-14-35(46)40-26)23-43(21-28)24-31-25-45(32-11-6-3-7-12-32)42-36(31)29-15-17-39-18-16-29/h2-7,9-12,15-18,25-26,28,30,33-34H,8,13-14,19-24H2,1H3,(H,40,46)(H,41,47)/t26-,28+,30-,33+,34+/m1/s1. The lowest BCUT2D eigenvalue weighted by Gasteiger charge is -2.51. The number of aromatic nitrogens is 3. The monoisotopic (exact) mass is 645 g/mol. The van der Waals surface area contributed by atoms with Gasteiger partial charge in [-0.05, 0) is 67.9 Å². The van der Waals surface area contributed by atoms with Gasteiger partial charge in [0.2, 0.25) is 17.7 Å². The Bertz CT molecular complexity index is 1730. The van der Waals surface area contributed by atoms with Crippen molar-refractivity contribution >= 4 is 17.7 Å². The van der Waals surface area contributed by atoms with Crippen molar-refractivity contribution in [2.24, 2.45) is 11.8 Å². The number of rotatable bonds is 6. The molecular formula is C38H43N7O3. The number of amides is 3. The third-order valence-electron chi connectivity index (χ3n) is 10.1. The Morgan fingerprint density at radius 1 is 0.875 bits per heavy atom. The molecule has 2 bridgehead atoms. The van der Waals surface area contributed by atoms with Crippen LogP contribution in [0.3, 0.4) is 0 Å². The molecule has 2 aromatic heterocycles. The summed E-state index contributed by atoms with van der Waals surface area (Å²) in [4.78, 5) is 49.2. The summed E-state index contributed by atoms with van der Waals surface area (Å²) in [5.41, 5.74) is 5.11. The van der Waals surface area contributed by atoms with Gasteiger partial charge in [0.05, 0.1) is 11.4 Å². The number of nitrogens with zero attached hydrogens (tertiary/aromatic N) is 5. The minimum Gasteiger partial charge on any atom is -0.345 e. The fourth-order valence-corrected chi connectivity index (χ4v) is 7.83. The highest BCUT2D eigenvalue weighted by Gasteiger charge is 2.44. The van der Waals surface area contributed by atoms with Crippen LogP contribution < -0.4 is 10.6 Å². The molecule has 2 aromatic carbocycles. The first kappa shape index (κ1) is 31.8. The van der Waals surface area contributed by atoms with E-state index in [1.165, 1.54) is 0 Å². The topological polar surface area (TPSA) is 112 Å². The van der Waals surface area contributed by atoms with E-state index in [9.17, 15) is 14.4 Å². The van der Waals surface area contributed by atoms with Gasteiger partial charge in [-0.3, -0.25) is 24.3 Å². The maximum atomic E-state index is 14.5. The Kier molecular flexibility index (Phi) is 9.34. The first-order valence-electron chi connectivity index (χ1n) is 17.1. The summed E-state index contributed by atoms with van der Waals surface area (Å²) in [5.74, 6) is 0.0742. The van der Waals surface area contributed by atoms with E-state index in [2.05, 4.69) is 43.7 Å². The molecule has 5 heterocycles. The number of carbonyl (C=O) groups excluding carboxylic acids is 3. The van der Waals surface area contributed by atoms with Gasteiger partial charge in [0, 0.05) is 74.8 Å². The van der Waals surface area contributed by atoms with E-state index in [1.54, 1.807) is 19.3 Å². The summed E-state index contributed by atoms with van der Waals surface area (Å²) >= 11 is 0. The summed E-state index contributed by atoms with van der Waals surface area (Å²) in [5, 5.41) is 10.9. The van der Waals surface area contributed by atoms with Crippen LogP contribution in [0.1, 0.15) is 43.7 Å². The molecule has 0 saturated carbocycles.